The van der Waals surface area contributed by atoms with Crippen molar-refractivity contribution in [2.24, 2.45) is 17.8 Å². The molecule has 1 saturated carbocycles. The minimum absolute atomic E-state index is 0.0331. The number of allylic oxidation sites excluding steroid dienone is 2. The SMILES string of the molecule is COc1cc(O)cc(OC)c1C1C2=CCC3C(=O)N(N(C)c4nc(C(F)(F)F)ccc4Cl)C(=O)C3C2CC2(Cl)C(=O)N(C)C(=O)C12Cl. The normalized spacial score (nSPS) is 30.2. The molecule has 1 aromatic heterocycles. The van der Waals surface area contributed by atoms with Crippen molar-refractivity contribution in [3.8, 4) is 17.2 Å². The van der Waals surface area contributed by atoms with Gasteiger partial charge in [0.2, 0.25) is 0 Å². The minimum atomic E-state index is -4.83. The van der Waals surface area contributed by atoms with Crippen LogP contribution in [0.4, 0.5) is 19.0 Å². The summed E-state index contributed by atoms with van der Waals surface area (Å²) in [7, 11) is 5.04. The van der Waals surface area contributed by atoms with Crippen molar-refractivity contribution in [2.45, 2.75) is 34.7 Å². The predicted octanol–water partition coefficient (Wildman–Crippen LogP) is 4.52. The minimum Gasteiger partial charge on any atom is -0.508 e. The first kappa shape index (κ1) is 33.2. The smallest absolute Gasteiger partial charge is 0.433 e. The van der Waals surface area contributed by atoms with E-state index in [0.717, 1.165) is 16.0 Å². The number of pyridine rings is 1. The Morgan fingerprint density at radius 2 is 1.64 bits per heavy atom. The van der Waals surface area contributed by atoms with E-state index in [4.69, 9.17) is 44.3 Å². The van der Waals surface area contributed by atoms with Crippen LogP contribution in [0.1, 0.15) is 30.0 Å². The van der Waals surface area contributed by atoms with Crippen LogP contribution < -0.4 is 14.5 Å². The summed E-state index contributed by atoms with van der Waals surface area (Å²) in [5, 5.41) is 11.7. The Hall–Kier alpha value is -3.75. The number of benzene rings is 1. The number of likely N-dealkylation sites (tertiary alicyclic amines) is 1. The van der Waals surface area contributed by atoms with E-state index < -0.39 is 74.7 Å². The number of imide groups is 2. The van der Waals surface area contributed by atoms with Crippen LogP contribution in [0.2, 0.25) is 5.02 Å². The number of aromatic hydroxyl groups is 1. The van der Waals surface area contributed by atoms with Crippen LogP contribution in [0, 0.1) is 17.8 Å². The molecule has 3 fully saturated rings. The van der Waals surface area contributed by atoms with E-state index in [9.17, 15) is 37.5 Å². The van der Waals surface area contributed by atoms with Gasteiger partial charge in [-0.15, -0.1) is 23.2 Å². The van der Waals surface area contributed by atoms with Crippen molar-refractivity contribution in [1.29, 1.82) is 0 Å². The number of amides is 4. The number of carbonyl (C=O) groups is 4. The number of nitrogens with zero attached hydrogens (tertiary/aromatic N) is 4. The van der Waals surface area contributed by atoms with Gasteiger partial charge in [-0.2, -0.15) is 18.2 Å². The standard InChI is InChI=1S/C30H26Cl3F3N4O7/c1-38-26(44)28(32)11-15-13(22(29(28,33)27(38)45)21-17(46-3)9-12(41)10-18(21)47-4)5-6-14-20(15)25(43)40(24(14)42)39(2)23-16(31)7-8-19(37-23)30(34,35)36/h5,7-10,14-15,20,22,41H,6,11H2,1-4H3. The highest BCUT2D eigenvalue weighted by Gasteiger charge is 2.76. The molecule has 2 aliphatic carbocycles. The third-order valence-electron chi connectivity index (χ3n) is 9.53. The summed E-state index contributed by atoms with van der Waals surface area (Å²) in [5.74, 6) is -8.22. The molecule has 1 N–H and O–H groups in total. The summed E-state index contributed by atoms with van der Waals surface area (Å²) in [6.07, 6.45) is -3.55. The molecule has 3 heterocycles. The number of hydrazine groups is 1. The molecular formula is C30H26Cl3F3N4O7. The lowest BCUT2D eigenvalue weighted by Gasteiger charge is -2.51. The number of fused-ring (bicyclic) bond motifs is 4. The Balaban J connectivity index is 1.51. The molecule has 4 aliphatic rings. The quantitative estimate of drug-likeness (QED) is 0.270. The average molecular weight is 718 g/mol. The molecule has 0 bridgehead atoms. The zero-order chi connectivity index (χ0) is 34.5. The number of hydrogen-bond donors (Lipinski definition) is 1. The number of alkyl halides is 5. The number of methoxy groups -OCH3 is 2. The number of ether oxygens (including phenoxy) is 2. The van der Waals surface area contributed by atoms with E-state index >= 15 is 0 Å². The van der Waals surface area contributed by atoms with Gasteiger partial charge in [0.15, 0.2) is 15.6 Å². The molecule has 6 atom stereocenters. The Labute approximate surface area is 280 Å². The monoisotopic (exact) mass is 716 g/mol. The van der Waals surface area contributed by atoms with Crippen LogP contribution in [0.5, 0.6) is 17.2 Å². The summed E-state index contributed by atoms with van der Waals surface area (Å²) < 4.78 is 51.6. The van der Waals surface area contributed by atoms with Crippen molar-refractivity contribution in [3.05, 3.63) is 52.2 Å². The van der Waals surface area contributed by atoms with Crippen LogP contribution in [0.3, 0.4) is 0 Å². The van der Waals surface area contributed by atoms with Gasteiger partial charge >= 0.3 is 6.18 Å². The summed E-state index contributed by atoms with van der Waals surface area (Å²) in [6, 6.07) is 4.16. The largest absolute Gasteiger partial charge is 0.508 e. The van der Waals surface area contributed by atoms with E-state index in [-0.39, 0.29) is 40.7 Å². The van der Waals surface area contributed by atoms with Gasteiger partial charge in [0.05, 0.1) is 31.1 Å². The van der Waals surface area contributed by atoms with E-state index in [2.05, 4.69) is 4.98 Å². The maximum Gasteiger partial charge on any atom is 0.433 e. The number of anilines is 1. The van der Waals surface area contributed by atoms with Gasteiger partial charge in [-0.25, -0.2) is 4.98 Å². The van der Waals surface area contributed by atoms with Gasteiger partial charge in [-0.1, -0.05) is 23.3 Å². The lowest BCUT2D eigenvalue weighted by Crippen LogP contribution is -2.60. The summed E-state index contributed by atoms with van der Waals surface area (Å²) in [6.45, 7) is 0. The Morgan fingerprint density at radius 3 is 2.21 bits per heavy atom. The first-order valence-electron chi connectivity index (χ1n) is 14.1. The van der Waals surface area contributed by atoms with Gasteiger partial charge in [0.25, 0.3) is 23.6 Å². The molecule has 2 aromatic rings. The summed E-state index contributed by atoms with van der Waals surface area (Å²) in [4.78, 5) is 55.8. The van der Waals surface area contributed by atoms with Crippen molar-refractivity contribution in [3.63, 3.8) is 0 Å². The number of phenolic OH excluding ortho intramolecular Hbond substituents is 1. The first-order chi connectivity index (χ1) is 21.9. The third-order valence-corrected chi connectivity index (χ3v) is 11.2. The lowest BCUT2D eigenvalue weighted by molar-refractivity contribution is -0.141. The van der Waals surface area contributed by atoms with Crippen LogP contribution in [-0.2, 0) is 25.4 Å². The molecule has 2 aliphatic heterocycles. The average Bonchev–Trinajstić information content (AvgIpc) is 3.35. The van der Waals surface area contributed by atoms with Crippen LogP contribution in [0.25, 0.3) is 0 Å². The van der Waals surface area contributed by atoms with E-state index in [0.29, 0.717) is 16.6 Å². The molecular weight excluding hydrogens is 692 g/mol. The summed E-state index contributed by atoms with van der Waals surface area (Å²) in [5.41, 5.74) is -0.714. The van der Waals surface area contributed by atoms with Crippen LogP contribution in [-0.4, -0.2) is 81.7 Å². The highest BCUT2D eigenvalue weighted by atomic mass is 35.5. The Kier molecular flexibility index (Phi) is 7.68. The lowest BCUT2D eigenvalue weighted by atomic mass is 9.56. The van der Waals surface area contributed by atoms with Gasteiger partial charge in [0.1, 0.15) is 22.9 Å². The van der Waals surface area contributed by atoms with Gasteiger partial charge in [-0.3, -0.25) is 29.1 Å². The molecule has 6 rings (SSSR count). The van der Waals surface area contributed by atoms with Crippen LogP contribution >= 0.6 is 34.8 Å². The fourth-order valence-corrected chi connectivity index (χ4v) is 8.69. The van der Waals surface area contributed by atoms with Gasteiger partial charge < -0.3 is 14.6 Å². The number of carbonyl (C=O) groups excluding carboxylic acids is 4. The Bertz CT molecular complexity index is 1770. The second kappa shape index (κ2) is 10.9. The number of phenols is 1. The summed E-state index contributed by atoms with van der Waals surface area (Å²) >= 11 is 20.6. The molecule has 47 heavy (non-hydrogen) atoms. The van der Waals surface area contributed by atoms with Crippen molar-refractivity contribution < 1.29 is 46.9 Å². The van der Waals surface area contributed by atoms with Crippen LogP contribution in [0.15, 0.2) is 35.9 Å². The number of rotatable bonds is 5. The predicted molar refractivity (Wildman–Crippen MR) is 161 cm³/mol. The molecule has 1 aromatic carbocycles. The fourth-order valence-electron chi connectivity index (χ4n) is 7.46. The van der Waals surface area contributed by atoms with E-state index in [1.165, 1.54) is 40.4 Å². The van der Waals surface area contributed by atoms with Crippen molar-refractivity contribution in [1.82, 2.24) is 14.9 Å². The first-order valence-corrected chi connectivity index (χ1v) is 15.3. The van der Waals surface area contributed by atoms with Crippen molar-refractivity contribution >= 4 is 64.2 Å². The third kappa shape index (κ3) is 4.43. The van der Waals surface area contributed by atoms with Gasteiger partial charge in [0, 0.05) is 37.7 Å². The molecule has 0 radical (unpaired) electrons. The maximum absolute atomic E-state index is 14.3. The number of aromatic nitrogens is 1. The second-order valence-corrected chi connectivity index (χ2v) is 13.4. The highest BCUT2D eigenvalue weighted by Crippen LogP contribution is 2.67. The number of halogens is 6. The maximum atomic E-state index is 14.3. The zero-order valence-electron chi connectivity index (χ0n) is 25.1. The highest BCUT2D eigenvalue weighted by molar-refractivity contribution is 6.53. The second-order valence-electron chi connectivity index (χ2n) is 11.8. The Morgan fingerprint density at radius 1 is 1.02 bits per heavy atom. The molecule has 250 valence electrons. The molecule has 2 saturated heterocycles. The molecule has 11 nitrogen and oxygen atoms in total. The van der Waals surface area contributed by atoms with Crippen molar-refractivity contribution in [2.75, 3.05) is 33.3 Å². The topological polar surface area (TPSA) is 130 Å². The molecule has 0 spiro atoms. The molecule has 6 unspecified atom stereocenters. The van der Waals surface area contributed by atoms with E-state index in [1.54, 1.807) is 6.08 Å². The van der Waals surface area contributed by atoms with E-state index in [1.807, 2.05) is 0 Å². The fraction of sp³-hybridized carbons (Fsp3) is 0.433. The number of hydrogen-bond acceptors (Lipinski definition) is 9. The molecule has 4 amide bonds. The zero-order valence-corrected chi connectivity index (χ0v) is 27.3. The van der Waals surface area contributed by atoms with Gasteiger partial charge in [-0.05, 0) is 30.9 Å². The molecule has 17 heteroatoms.